The summed E-state index contributed by atoms with van der Waals surface area (Å²) in [7, 11) is 0. The van der Waals surface area contributed by atoms with Crippen molar-refractivity contribution >= 4 is 38.1 Å². The third-order valence-corrected chi connectivity index (χ3v) is 7.42. The van der Waals surface area contributed by atoms with Crippen molar-refractivity contribution in [1.82, 2.24) is 9.38 Å². The molecule has 3 heteroatoms. The summed E-state index contributed by atoms with van der Waals surface area (Å²) in [5.74, 6) is 0. The summed E-state index contributed by atoms with van der Waals surface area (Å²) in [6.07, 6.45) is 2.69. The van der Waals surface area contributed by atoms with Crippen molar-refractivity contribution in [2.45, 2.75) is 6.42 Å². The molecule has 0 aliphatic heterocycles. The number of nitrogens with zero attached hydrogens (tertiary/aromatic N) is 2. The molecule has 0 unspecified atom stereocenters. The van der Waals surface area contributed by atoms with Crippen LogP contribution in [0.25, 0.3) is 60.3 Å². The fourth-order valence-electron chi connectivity index (χ4n) is 5.88. The quantitative estimate of drug-likeness (QED) is 0.265. The largest absolute Gasteiger partial charge is 0.282 e. The fraction of sp³-hybridized carbons (Fsp3) is 0.0323. The topological polar surface area (TPSA) is 34.4 Å². The minimum atomic E-state index is -0.0591. The lowest BCUT2D eigenvalue weighted by Gasteiger charge is -2.07. The molecule has 0 atom stereocenters. The minimum Gasteiger partial charge on any atom is -0.274 e. The second-order valence-corrected chi connectivity index (χ2v) is 9.18. The molecule has 7 aromatic rings. The number of pyridine rings is 2. The molecular formula is C31H18N2O. The van der Waals surface area contributed by atoms with Gasteiger partial charge in [0.05, 0.1) is 11.0 Å². The predicted octanol–water partition coefficient (Wildman–Crippen LogP) is 6.83. The second kappa shape index (κ2) is 6.30. The molecule has 4 aromatic carbocycles. The highest BCUT2D eigenvalue weighted by molar-refractivity contribution is 6.20. The van der Waals surface area contributed by atoms with Crippen LogP contribution in [0.5, 0.6) is 0 Å². The molecule has 0 bridgehead atoms. The lowest BCUT2D eigenvalue weighted by Crippen LogP contribution is -2.13. The maximum atomic E-state index is 13.5. The van der Waals surface area contributed by atoms with E-state index in [1.54, 1.807) is 6.20 Å². The van der Waals surface area contributed by atoms with Gasteiger partial charge in [-0.25, -0.2) is 0 Å². The van der Waals surface area contributed by atoms with Crippen LogP contribution in [-0.4, -0.2) is 9.38 Å². The van der Waals surface area contributed by atoms with Gasteiger partial charge in [0.1, 0.15) is 5.52 Å². The Morgan fingerprint density at radius 1 is 0.647 bits per heavy atom. The van der Waals surface area contributed by atoms with Gasteiger partial charge < -0.3 is 0 Å². The van der Waals surface area contributed by atoms with Crippen LogP contribution in [0.1, 0.15) is 11.1 Å². The number of benzene rings is 4. The third kappa shape index (κ3) is 2.21. The zero-order valence-electron chi connectivity index (χ0n) is 18.2. The van der Waals surface area contributed by atoms with E-state index in [-0.39, 0.29) is 5.56 Å². The zero-order valence-corrected chi connectivity index (χ0v) is 18.2. The van der Waals surface area contributed by atoms with E-state index in [4.69, 9.17) is 0 Å². The number of fused-ring (bicyclic) bond motifs is 8. The van der Waals surface area contributed by atoms with E-state index in [9.17, 15) is 4.79 Å². The van der Waals surface area contributed by atoms with Crippen LogP contribution in [0.15, 0.2) is 102 Å². The average Bonchev–Trinajstić information content (AvgIpc) is 3.43. The lowest BCUT2D eigenvalue weighted by molar-refractivity contribution is 1.18. The number of para-hydroxylation sites is 1. The van der Waals surface area contributed by atoms with Crippen LogP contribution in [0.4, 0.5) is 0 Å². The summed E-state index contributed by atoms with van der Waals surface area (Å²) in [5.41, 5.74) is 10.2. The highest BCUT2D eigenvalue weighted by Crippen LogP contribution is 2.40. The van der Waals surface area contributed by atoms with E-state index in [0.717, 1.165) is 44.6 Å². The molecule has 0 saturated heterocycles. The smallest absolute Gasteiger partial charge is 0.274 e. The molecule has 8 rings (SSSR count). The van der Waals surface area contributed by atoms with Gasteiger partial charge in [0.2, 0.25) is 0 Å². The molecule has 34 heavy (non-hydrogen) atoms. The Bertz CT molecular complexity index is 2020. The Labute approximate surface area is 194 Å². The number of hydrogen-bond acceptors (Lipinski definition) is 2. The van der Waals surface area contributed by atoms with Gasteiger partial charge in [-0.2, -0.15) is 0 Å². The van der Waals surface area contributed by atoms with Crippen LogP contribution in [0.2, 0.25) is 0 Å². The number of rotatable bonds is 1. The lowest BCUT2D eigenvalue weighted by atomic mass is 9.97. The van der Waals surface area contributed by atoms with Gasteiger partial charge in [-0.1, -0.05) is 66.7 Å². The predicted molar refractivity (Wildman–Crippen MR) is 139 cm³/mol. The van der Waals surface area contributed by atoms with Crippen molar-refractivity contribution < 1.29 is 0 Å². The molecule has 0 radical (unpaired) electrons. The van der Waals surface area contributed by atoms with Gasteiger partial charge >= 0.3 is 0 Å². The highest BCUT2D eigenvalue weighted by Gasteiger charge is 2.20. The fourth-order valence-corrected chi connectivity index (χ4v) is 5.88. The van der Waals surface area contributed by atoms with E-state index >= 15 is 0 Å². The second-order valence-electron chi connectivity index (χ2n) is 9.18. The Morgan fingerprint density at radius 2 is 1.41 bits per heavy atom. The summed E-state index contributed by atoms with van der Waals surface area (Å²) >= 11 is 0. The highest BCUT2D eigenvalue weighted by atomic mass is 16.1. The van der Waals surface area contributed by atoms with Gasteiger partial charge in [0.15, 0.2) is 0 Å². The maximum Gasteiger partial charge on any atom is 0.282 e. The summed E-state index contributed by atoms with van der Waals surface area (Å²) in [6.45, 7) is 0. The van der Waals surface area contributed by atoms with Crippen molar-refractivity contribution in [3.8, 4) is 22.3 Å². The van der Waals surface area contributed by atoms with E-state index in [1.807, 2.05) is 16.5 Å². The zero-order chi connectivity index (χ0) is 22.4. The molecule has 0 spiro atoms. The first-order valence-electron chi connectivity index (χ1n) is 11.6. The van der Waals surface area contributed by atoms with Crippen molar-refractivity contribution in [1.29, 1.82) is 0 Å². The van der Waals surface area contributed by atoms with Gasteiger partial charge in [0, 0.05) is 27.7 Å². The summed E-state index contributed by atoms with van der Waals surface area (Å²) in [5, 5.41) is 4.16. The molecule has 1 aliphatic rings. The average molecular weight is 434 g/mol. The monoisotopic (exact) mass is 434 g/mol. The van der Waals surface area contributed by atoms with Crippen molar-refractivity contribution in [3.63, 3.8) is 0 Å². The molecule has 158 valence electrons. The van der Waals surface area contributed by atoms with Crippen LogP contribution in [0.3, 0.4) is 0 Å². The Balaban J connectivity index is 1.43. The molecule has 3 nitrogen and oxygen atoms in total. The van der Waals surface area contributed by atoms with Gasteiger partial charge in [0.25, 0.3) is 5.56 Å². The summed E-state index contributed by atoms with van der Waals surface area (Å²) in [4.78, 5) is 17.9. The number of aromatic nitrogens is 2. The van der Waals surface area contributed by atoms with Gasteiger partial charge in [-0.3, -0.25) is 14.2 Å². The Morgan fingerprint density at radius 3 is 2.35 bits per heavy atom. The molecule has 0 amide bonds. The van der Waals surface area contributed by atoms with Crippen LogP contribution >= 0.6 is 0 Å². The first-order valence-corrected chi connectivity index (χ1v) is 11.6. The van der Waals surface area contributed by atoms with Crippen molar-refractivity contribution in [3.05, 3.63) is 119 Å². The van der Waals surface area contributed by atoms with E-state index in [2.05, 4.69) is 83.8 Å². The Kier molecular flexibility index (Phi) is 3.33. The summed E-state index contributed by atoms with van der Waals surface area (Å²) < 4.78 is 1.85. The molecule has 0 N–H and O–H groups in total. The van der Waals surface area contributed by atoms with E-state index in [1.165, 1.54) is 27.8 Å². The molecular weight excluding hydrogens is 416 g/mol. The minimum absolute atomic E-state index is 0.0591. The Hall–Kier alpha value is -4.50. The molecule has 0 saturated carbocycles. The summed E-state index contributed by atoms with van der Waals surface area (Å²) in [6, 6.07) is 32.1. The third-order valence-electron chi connectivity index (χ3n) is 7.42. The first kappa shape index (κ1) is 18.0. The van der Waals surface area contributed by atoms with Crippen LogP contribution < -0.4 is 5.56 Å². The van der Waals surface area contributed by atoms with Crippen LogP contribution in [-0.2, 0) is 6.42 Å². The SMILES string of the molecule is O=c1c2ncccc2c2cccc3c4cc(-c5ccc6c(c5)-c5ccccc5C6)ccc4n1c23. The molecule has 1 aliphatic carbocycles. The molecule has 0 fully saturated rings. The molecule has 3 aromatic heterocycles. The van der Waals surface area contributed by atoms with Crippen molar-refractivity contribution in [2.24, 2.45) is 0 Å². The molecule has 3 heterocycles. The van der Waals surface area contributed by atoms with Gasteiger partial charge in [-0.05, 0) is 64.1 Å². The van der Waals surface area contributed by atoms with E-state index in [0.29, 0.717) is 5.52 Å². The number of hydrogen-bond donors (Lipinski definition) is 0. The van der Waals surface area contributed by atoms with Gasteiger partial charge in [-0.15, -0.1) is 0 Å². The first-order chi connectivity index (χ1) is 16.8. The van der Waals surface area contributed by atoms with Crippen molar-refractivity contribution in [2.75, 3.05) is 0 Å². The van der Waals surface area contributed by atoms with E-state index < -0.39 is 0 Å². The normalized spacial score (nSPS) is 12.7. The maximum absolute atomic E-state index is 13.5. The standard InChI is InChI=1S/C31H18N2O/c34-31-29-23(9-4-14-32-29)24-7-3-8-25-27-17-19(12-13-28(27)33(31)30(24)25)18-10-11-21-15-20-5-1-2-6-22(20)26(21)16-18/h1-14,16-17H,15H2. The van der Waals surface area contributed by atoms with Crippen LogP contribution in [0, 0.1) is 0 Å².